The van der Waals surface area contributed by atoms with E-state index in [4.69, 9.17) is 5.73 Å². The Hall–Kier alpha value is -0.120. The molecule has 1 heterocycles. The summed E-state index contributed by atoms with van der Waals surface area (Å²) in [5.74, 6) is 1.97. The molecule has 2 N–H and O–H groups in total. The number of hydrogen-bond donors (Lipinski definition) is 2. The molecule has 1 aromatic carbocycles. The van der Waals surface area contributed by atoms with Crippen LogP contribution < -0.4 is 5.73 Å². The number of hydrogen-bond acceptors (Lipinski definition) is 3. The fraction of sp³-hybridized carbons (Fsp3) is 0.455. The van der Waals surface area contributed by atoms with E-state index in [2.05, 4.69) is 30.8 Å². The van der Waals surface area contributed by atoms with E-state index in [-0.39, 0.29) is 6.04 Å². The van der Waals surface area contributed by atoms with Gasteiger partial charge in [-0.25, -0.2) is 0 Å². The molecule has 14 heavy (non-hydrogen) atoms. The zero-order valence-electron chi connectivity index (χ0n) is 8.07. The first-order chi connectivity index (χ1) is 6.81. The summed E-state index contributed by atoms with van der Waals surface area (Å²) < 4.78 is 0. The molecule has 1 atom stereocenters. The lowest BCUT2D eigenvalue weighted by Gasteiger charge is -2.17. The maximum absolute atomic E-state index is 5.94. The molecule has 1 nitrogen and oxygen atoms in total. The van der Waals surface area contributed by atoms with Crippen LogP contribution >= 0.6 is 24.4 Å². The molecule has 0 saturated heterocycles. The molecule has 0 fully saturated rings. The van der Waals surface area contributed by atoms with Crippen LogP contribution in [-0.2, 0) is 6.42 Å². The first-order valence-corrected chi connectivity index (χ1v) is 6.55. The molecule has 0 aliphatic carbocycles. The Balaban J connectivity index is 2.29. The standard InChI is InChI=1S/C11H15NS2/c12-10(7-13)8-3-4-11-9(6-8)2-1-5-14-11/h3-4,6,10,13H,1-2,5,7,12H2. The van der Waals surface area contributed by atoms with Crippen molar-refractivity contribution in [2.45, 2.75) is 23.8 Å². The topological polar surface area (TPSA) is 26.0 Å². The van der Waals surface area contributed by atoms with Crippen molar-refractivity contribution in [3.8, 4) is 0 Å². The fourth-order valence-corrected chi connectivity index (χ4v) is 2.95. The smallest absolute Gasteiger partial charge is 0.0384 e. The zero-order valence-corrected chi connectivity index (χ0v) is 9.78. The van der Waals surface area contributed by atoms with Gasteiger partial charge in [0.25, 0.3) is 0 Å². The van der Waals surface area contributed by atoms with Crippen molar-refractivity contribution in [1.82, 2.24) is 0 Å². The van der Waals surface area contributed by atoms with Crippen LogP contribution in [0.4, 0.5) is 0 Å². The molecule has 0 amide bonds. The van der Waals surface area contributed by atoms with Gasteiger partial charge >= 0.3 is 0 Å². The van der Waals surface area contributed by atoms with Gasteiger partial charge in [0.15, 0.2) is 0 Å². The fourth-order valence-electron chi connectivity index (χ4n) is 1.72. The van der Waals surface area contributed by atoms with Crippen molar-refractivity contribution < 1.29 is 0 Å². The molecule has 1 aromatic rings. The number of rotatable bonds is 2. The van der Waals surface area contributed by atoms with Crippen molar-refractivity contribution >= 4 is 24.4 Å². The molecule has 1 aliphatic rings. The third-order valence-electron chi connectivity index (χ3n) is 2.56. The molecule has 1 unspecified atom stereocenters. The summed E-state index contributed by atoms with van der Waals surface area (Å²) in [5, 5.41) is 0. The quantitative estimate of drug-likeness (QED) is 0.757. The van der Waals surface area contributed by atoms with E-state index in [1.807, 2.05) is 11.8 Å². The van der Waals surface area contributed by atoms with Gasteiger partial charge in [0.1, 0.15) is 0 Å². The van der Waals surface area contributed by atoms with E-state index in [0.29, 0.717) is 5.75 Å². The highest BCUT2D eigenvalue weighted by atomic mass is 32.2. The minimum atomic E-state index is 0.0792. The molecule has 0 bridgehead atoms. The summed E-state index contributed by atoms with van der Waals surface area (Å²) >= 11 is 6.18. The van der Waals surface area contributed by atoms with E-state index < -0.39 is 0 Å². The van der Waals surface area contributed by atoms with Crippen LogP contribution in [0.2, 0.25) is 0 Å². The SMILES string of the molecule is NC(CS)c1ccc2c(c1)CCCS2. The number of benzene rings is 1. The second kappa shape index (κ2) is 4.60. The molecule has 2 rings (SSSR count). The summed E-state index contributed by atoms with van der Waals surface area (Å²) in [7, 11) is 0. The Morgan fingerprint density at radius 2 is 2.36 bits per heavy atom. The number of fused-ring (bicyclic) bond motifs is 1. The molecular formula is C11H15NS2. The van der Waals surface area contributed by atoms with E-state index in [1.165, 1.54) is 34.6 Å². The van der Waals surface area contributed by atoms with Crippen molar-refractivity contribution in [2.24, 2.45) is 5.73 Å². The van der Waals surface area contributed by atoms with Crippen LogP contribution in [0.1, 0.15) is 23.6 Å². The summed E-state index contributed by atoms with van der Waals surface area (Å²) in [6.45, 7) is 0. The predicted molar refractivity (Wildman–Crippen MR) is 66.3 cm³/mol. The maximum Gasteiger partial charge on any atom is 0.0384 e. The molecular weight excluding hydrogens is 210 g/mol. The zero-order chi connectivity index (χ0) is 9.97. The highest BCUT2D eigenvalue weighted by Gasteiger charge is 2.12. The van der Waals surface area contributed by atoms with Gasteiger partial charge in [0, 0.05) is 16.7 Å². The van der Waals surface area contributed by atoms with Crippen molar-refractivity contribution in [3.63, 3.8) is 0 Å². The van der Waals surface area contributed by atoms with Gasteiger partial charge < -0.3 is 5.73 Å². The van der Waals surface area contributed by atoms with Gasteiger partial charge in [0.05, 0.1) is 0 Å². The molecule has 0 spiro atoms. The average molecular weight is 225 g/mol. The monoisotopic (exact) mass is 225 g/mol. The van der Waals surface area contributed by atoms with E-state index >= 15 is 0 Å². The van der Waals surface area contributed by atoms with Gasteiger partial charge in [-0.1, -0.05) is 12.1 Å². The third-order valence-corrected chi connectivity index (χ3v) is 4.15. The number of aryl methyl sites for hydroxylation is 1. The lowest BCUT2D eigenvalue weighted by molar-refractivity contribution is 0.817. The van der Waals surface area contributed by atoms with Crippen LogP contribution in [0.5, 0.6) is 0 Å². The van der Waals surface area contributed by atoms with E-state index in [9.17, 15) is 0 Å². The van der Waals surface area contributed by atoms with Crippen LogP contribution in [0, 0.1) is 0 Å². The van der Waals surface area contributed by atoms with E-state index in [0.717, 1.165) is 0 Å². The second-order valence-electron chi connectivity index (χ2n) is 3.61. The second-order valence-corrected chi connectivity index (χ2v) is 5.11. The summed E-state index contributed by atoms with van der Waals surface area (Å²) in [6, 6.07) is 6.67. The van der Waals surface area contributed by atoms with Gasteiger partial charge in [0.2, 0.25) is 0 Å². The van der Waals surface area contributed by atoms with Crippen molar-refractivity contribution in [1.29, 1.82) is 0 Å². The number of thiol groups is 1. The maximum atomic E-state index is 5.94. The number of thioether (sulfide) groups is 1. The van der Waals surface area contributed by atoms with Crippen molar-refractivity contribution in [2.75, 3.05) is 11.5 Å². The van der Waals surface area contributed by atoms with E-state index in [1.54, 1.807) is 0 Å². The first kappa shape index (κ1) is 10.4. The van der Waals surface area contributed by atoms with Gasteiger partial charge in [-0.15, -0.1) is 11.8 Å². The molecule has 0 radical (unpaired) electrons. The summed E-state index contributed by atoms with van der Waals surface area (Å²) in [4.78, 5) is 1.44. The Morgan fingerprint density at radius 1 is 1.50 bits per heavy atom. The minimum Gasteiger partial charge on any atom is -0.323 e. The molecule has 76 valence electrons. The van der Waals surface area contributed by atoms with Crippen LogP contribution in [-0.4, -0.2) is 11.5 Å². The minimum absolute atomic E-state index is 0.0792. The number of nitrogens with two attached hydrogens (primary N) is 1. The van der Waals surface area contributed by atoms with Crippen molar-refractivity contribution in [3.05, 3.63) is 29.3 Å². The van der Waals surface area contributed by atoms with Gasteiger partial charge in [-0.3, -0.25) is 0 Å². The van der Waals surface area contributed by atoms with Gasteiger partial charge in [-0.05, 0) is 35.8 Å². The normalized spacial score (nSPS) is 17.6. The molecule has 3 heteroatoms. The Kier molecular flexibility index (Phi) is 3.42. The Morgan fingerprint density at radius 3 is 3.14 bits per heavy atom. The first-order valence-electron chi connectivity index (χ1n) is 4.93. The van der Waals surface area contributed by atoms with Gasteiger partial charge in [-0.2, -0.15) is 12.6 Å². The summed E-state index contributed by atoms with van der Waals surface area (Å²) in [5.41, 5.74) is 8.64. The molecule has 0 aromatic heterocycles. The van der Waals surface area contributed by atoms with Crippen LogP contribution in [0.3, 0.4) is 0 Å². The largest absolute Gasteiger partial charge is 0.323 e. The van der Waals surface area contributed by atoms with Crippen LogP contribution in [0.15, 0.2) is 23.1 Å². The third kappa shape index (κ3) is 2.10. The highest BCUT2D eigenvalue weighted by Crippen LogP contribution is 2.31. The summed E-state index contributed by atoms with van der Waals surface area (Å²) in [6.07, 6.45) is 2.49. The highest BCUT2D eigenvalue weighted by molar-refractivity contribution is 7.99. The molecule has 0 saturated carbocycles. The lowest BCUT2D eigenvalue weighted by Crippen LogP contribution is -2.12. The predicted octanol–water partition coefficient (Wildman–Crippen LogP) is 2.65. The van der Waals surface area contributed by atoms with Crippen LogP contribution in [0.25, 0.3) is 0 Å². The molecule has 1 aliphatic heterocycles. The Labute approximate surface area is 94.9 Å². The lowest BCUT2D eigenvalue weighted by atomic mass is 10.0. The average Bonchev–Trinajstić information content (AvgIpc) is 2.27. The Bertz CT molecular complexity index is 325.